The van der Waals surface area contributed by atoms with Crippen LogP contribution in [0.1, 0.15) is 24.6 Å². The van der Waals surface area contributed by atoms with E-state index in [1.165, 1.54) is 6.07 Å². The zero-order valence-electron chi connectivity index (χ0n) is 10.8. The minimum atomic E-state index is -0.103. The van der Waals surface area contributed by atoms with Crippen molar-refractivity contribution >= 4 is 5.82 Å². The molecule has 1 aromatic rings. The molecule has 0 spiro atoms. The van der Waals surface area contributed by atoms with Gasteiger partial charge in [0, 0.05) is 38.7 Å². The first kappa shape index (κ1) is 13.0. The Morgan fingerprint density at radius 3 is 3.00 bits per heavy atom. The fourth-order valence-corrected chi connectivity index (χ4v) is 1.92. The number of anilines is 1. The van der Waals surface area contributed by atoms with Crippen molar-refractivity contribution in [2.24, 2.45) is 5.73 Å². The number of H-pyrrole nitrogens is 1. The molecule has 18 heavy (non-hydrogen) atoms. The number of methoxy groups -OCH3 is 1. The average Bonchev–Trinajstić information content (AvgIpc) is 3.12. The van der Waals surface area contributed by atoms with Gasteiger partial charge in [0.2, 0.25) is 0 Å². The highest BCUT2D eigenvalue weighted by atomic mass is 16.5. The molecule has 0 amide bonds. The van der Waals surface area contributed by atoms with Gasteiger partial charge in [0.15, 0.2) is 0 Å². The smallest absolute Gasteiger partial charge is 0.252 e. The highest BCUT2D eigenvalue weighted by Crippen LogP contribution is 2.37. The molecule has 1 aliphatic rings. The van der Waals surface area contributed by atoms with Gasteiger partial charge in [-0.05, 0) is 12.8 Å². The van der Waals surface area contributed by atoms with Gasteiger partial charge in [-0.1, -0.05) is 0 Å². The molecule has 1 unspecified atom stereocenters. The number of nitrogens with zero attached hydrogens (tertiary/aromatic N) is 2. The van der Waals surface area contributed by atoms with Crippen LogP contribution in [0.25, 0.3) is 0 Å². The van der Waals surface area contributed by atoms with Crippen molar-refractivity contribution in [1.29, 1.82) is 0 Å². The number of ether oxygens (including phenoxy) is 1. The maximum atomic E-state index is 11.6. The van der Waals surface area contributed by atoms with Crippen LogP contribution in [0.5, 0.6) is 0 Å². The van der Waals surface area contributed by atoms with Gasteiger partial charge < -0.3 is 20.4 Å². The fraction of sp³-hybridized carbons (Fsp3) is 0.667. The maximum Gasteiger partial charge on any atom is 0.252 e. The molecule has 1 saturated carbocycles. The van der Waals surface area contributed by atoms with E-state index in [9.17, 15) is 4.79 Å². The van der Waals surface area contributed by atoms with E-state index < -0.39 is 0 Å². The molecular weight excluding hydrogens is 232 g/mol. The molecule has 0 aromatic carbocycles. The van der Waals surface area contributed by atoms with E-state index in [2.05, 4.69) is 9.97 Å². The van der Waals surface area contributed by atoms with E-state index in [4.69, 9.17) is 10.5 Å². The third-order valence-electron chi connectivity index (χ3n) is 2.99. The molecular formula is C12H20N4O2. The van der Waals surface area contributed by atoms with E-state index in [0.29, 0.717) is 24.9 Å². The highest BCUT2D eigenvalue weighted by molar-refractivity contribution is 5.37. The molecule has 0 aliphatic heterocycles. The van der Waals surface area contributed by atoms with Crippen LogP contribution in [-0.4, -0.2) is 43.3 Å². The first-order valence-electron chi connectivity index (χ1n) is 6.17. The van der Waals surface area contributed by atoms with Crippen LogP contribution in [0.4, 0.5) is 5.82 Å². The van der Waals surface area contributed by atoms with Crippen molar-refractivity contribution in [3.8, 4) is 0 Å². The third kappa shape index (κ3) is 3.30. The third-order valence-corrected chi connectivity index (χ3v) is 2.99. The maximum absolute atomic E-state index is 11.6. The highest BCUT2D eigenvalue weighted by Gasteiger charge is 2.26. The second-order valence-corrected chi connectivity index (χ2v) is 4.86. The Balaban J connectivity index is 2.09. The van der Waals surface area contributed by atoms with E-state index >= 15 is 0 Å². The summed E-state index contributed by atoms with van der Waals surface area (Å²) in [7, 11) is 3.50. The van der Waals surface area contributed by atoms with Crippen LogP contribution < -0.4 is 16.2 Å². The number of nitrogens with one attached hydrogen (secondary N) is 1. The van der Waals surface area contributed by atoms with E-state index in [0.717, 1.165) is 18.7 Å². The fourth-order valence-electron chi connectivity index (χ4n) is 1.92. The summed E-state index contributed by atoms with van der Waals surface area (Å²) in [5, 5.41) is 0. The second kappa shape index (κ2) is 5.49. The minimum Gasteiger partial charge on any atom is -0.383 e. The van der Waals surface area contributed by atoms with Gasteiger partial charge in [-0.25, -0.2) is 4.98 Å². The predicted molar refractivity (Wildman–Crippen MR) is 70.0 cm³/mol. The summed E-state index contributed by atoms with van der Waals surface area (Å²) in [6.07, 6.45) is 2.22. The topological polar surface area (TPSA) is 84.2 Å². The Bertz CT molecular complexity index is 456. The summed E-state index contributed by atoms with van der Waals surface area (Å²) in [6.45, 7) is 1.09. The zero-order chi connectivity index (χ0) is 13.1. The molecule has 6 nitrogen and oxygen atoms in total. The average molecular weight is 252 g/mol. The van der Waals surface area contributed by atoms with Crippen molar-refractivity contribution in [3.05, 3.63) is 22.2 Å². The molecule has 0 bridgehead atoms. The summed E-state index contributed by atoms with van der Waals surface area (Å²) in [5.41, 5.74) is 5.79. The Hall–Kier alpha value is -1.40. The van der Waals surface area contributed by atoms with Crippen molar-refractivity contribution in [2.75, 3.05) is 32.2 Å². The van der Waals surface area contributed by atoms with E-state index in [-0.39, 0.29) is 11.6 Å². The summed E-state index contributed by atoms with van der Waals surface area (Å²) in [5.74, 6) is 1.90. The molecule has 3 N–H and O–H groups in total. The lowest BCUT2D eigenvalue weighted by molar-refractivity contribution is 0.181. The van der Waals surface area contributed by atoms with Crippen molar-refractivity contribution < 1.29 is 4.74 Å². The molecule has 1 fully saturated rings. The number of rotatable bonds is 6. The zero-order valence-corrected chi connectivity index (χ0v) is 10.8. The molecule has 100 valence electrons. The molecule has 1 aromatic heterocycles. The standard InChI is InChI=1S/C12H20N4O2/c1-16(6-9(13)7-18-2)10-5-11(17)15-12(14-10)8-3-4-8/h5,8-9H,3-4,6-7,13H2,1-2H3,(H,14,15,17). The largest absolute Gasteiger partial charge is 0.383 e. The van der Waals surface area contributed by atoms with Crippen molar-refractivity contribution in [1.82, 2.24) is 9.97 Å². The lowest BCUT2D eigenvalue weighted by Crippen LogP contribution is -2.39. The monoisotopic (exact) mass is 252 g/mol. The van der Waals surface area contributed by atoms with Gasteiger partial charge in [-0.2, -0.15) is 0 Å². The van der Waals surface area contributed by atoms with Gasteiger partial charge >= 0.3 is 0 Å². The van der Waals surface area contributed by atoms with Gasteiger partial charge in [0.1, 0.15) is 11.6 Å². The predicted octanol–water partition coefficient (Wildman–Crippen LogP) is 0.0572. The van der Waals surface area contributed by atoms with Crippen LogP contribution in [0.2, 0.25) is 0 Å². The summed E-state index contributed by atoms with van der Waals surface area (Å²) in [6, 6.07) is 1.41. The van der Waals surface area contributed by atoms with Crippen molar-refractivity contribution in [2.45, 2.75) is 24.8 Å². The number of aromatic nitrogens is 2. The number of hydrogen-bond donors (Lipinski definition) is 2. The van der Waals surface area contributed by atoms with Crippen molar-refractivity contribution in [3.63, 3.8) is 0 Å². The number of nitrogens with two attached hydrogens (primary N) is 1. The molecule has 1 atom stereocenters. The SMILES string of the molecule is COCC(N)CN(C)c1cc(=O)[nH]c(C2CC2)n1. The van der Waals surface area contributed by atoms with Gasteiger partial charge in [0.05, 0.1) is 6.61 Å². The molecule has 6 heteroatoms. The number of hydrogen-bond acceptors (Lipinski definition) is 5. The van der Waals surface area contributed by atoms with E-state index in [1.54, 1.807) is 7.11 Å². The molecule has 0 saturated heterocycles. The van der Waals surface area contributed by atoms with Gasteiger partial charge in [-0.3, -0.25) is 4.79 Å². The molecule has 2 rings (SSSR count). The lowest BCUT2D eigenvalue weighted by atomic mass is 10.3. The molecule has 1 aliphatic carbocycles. The Kier molecular flexibility index (Phi) is 3.98. The summed E-state index contributed by atoms with van der Waals surface area (Å²) in [4.78, 5) is 20.8. The van der Waals surface area contributed by atoms with Crippen LogP contribution in [-0.2, 0) is 4.74 Å². The number of likely N-dealkylation sites (N-methyl/N-ethyl adjacent to an activating group) is 1. The quantitative estimate of drug-likeness (QED) is 0.747. The second-order valence-electron chi connectivity index (χ2n) is 4.86. The van der Waals surface area contributed by atoms with Crippen LogP contribution >= 0.6 is 0 Å². The normalized spacial score (nSPS) is 16.6. The van der Waals surface area contributed by atoms with Crippen LogP contribution in [0, 0.1) is 0 Å². The first-order chi connectivity index (χ1) is 8.60. The Labute approximate surface area is 106 Å². The summed E-state index contributed by atoms with van der Waals surface area (Å²) < 4.78 is 5.00. The van der Waals surface area contributed by atoms with Gasteiger partial charge in [0.25, 0.3) is 5.56 Å². The Morgan fingerprint density at radius 2 is 2.39 bits per heavy atom. The first-order valence-corrected chi connectivity index (χ1v) is 6.17. The summed E-state index contributed by atoms with van der Waals surface area (Å²) >= 11 is 0. The molecule has 0 radical (unpaired) electrons. The molecule has 1 heterocycles. The van der Waals surface area contributed by atoms with Gasteiger partial charge in [-0.15, -0.1) is 0 Å². The van der Waals surface area contributed by atoms with Crippen LogP contribution in [0.15, 0.2) is 10.9 Å². The lowest BCUT2D eigenvalue weighted by Gasteiger charge is -2.22. The van der Waals surface area contributed by atoms with E-state index in [1.807, 2.05) is 11.9 Å². The number of aromatic amines is 1. The minimum absolute atomic E-state index is 0.0922. The van der Waals surface area contributed by atoms with Crippen LogP contribution in [0.3, 0.4) is 0 Å². The Morgan fingerprint density at radius 1 is 1.67 bits per heavy atom.